The molecule has 0 aromatic carbocycles. The zero-order chi connectivity index (χ0) is 11.0. The molecule has 0 radical (unpaired) electrons. The molecule has 1 aliphatic rings. The summed E-state index contributed by atoms with van der Waals surface area (Å²) in [6, 6.07) is 1.58. The van der Waals surface area contributed by atoms with Gasteiger partial charge in [-0.05, 0) is 11.5 Å². The van der Waals surface area contributed by atoms with Gasteiger partial charge in [-0.3, -0.25) is 0 Å². The van der Waals surface area contributed by atoms with Gasteiger partial charge >= 0.3 is 0 Å². The smallest absolute Gasteiger partial charge is 0.0473 e. The normalized spacial score (nSPS) is 29.6. The molecule has 1 unspecified atom stereocenters. The van der Waals surface area contributed by atoms with E-state index in [1.165, 1.54) is 0 Å². The number of hydrogen-bond donors (Lipinski definition) is 0. The summed E-state index contributed by atoms with van der Waals surface area (Å²) < 4.78 is 0. The van der Waals surface area contributed by atoms with Crippen LogP contribution in [-0.4, -0.2) is 16.1 Å². The van der Waals surface area contributed by atoms with Gasteiger partial charge in [-0.2, -0.15) is 0 Å². The van der Waals surface area contributed by atoms with Gasteiger partial charge < -0.3 is 0 Å². The van der Waals surface area contributed by atoms with Crippen LogP contribution in [-0.2, 0) is 0 Å². The monoisotopic (exact) mass is 228 g/mol. The summed E-state index contributed by atoms with van der Waals surface area (Å²) in [5, 5.41) is 0. The lowest BCUT2D eigenvalue weighted by atomic mass is 10.1. The van der Waals surface area contributed by atoms with Gasteiger partial charge in [-0.15, -0.1) is 0 Å². The van der Waals surface area contributed by atoms with Crippen LogP contribution in [0.3, 0.4) is 0 Å². The van der Waals surface area contributed by atoms with Crippen LogP contribution in [0.1, 0.15) is 19.3 Å². The maximum absolute atomic E-state index is 2.55. The first-order valence-corrected chi connectivity index (χ1v) is 13.5. The lowest BCUT2D eigenvalue weighted by molar-refractivity contribution is 0.600. The van der Waals surface area contributed by atoms with Crippen LogP contribution in [0.25, 0.3) is 0 Å². The van der Waals surface area contributed by atoms with Crippen LogP contribution in [0.5, 0.6) is 0 Å². The Kier molecular flexibility index (Phi) is 3.69. The Hall–Kier alpha value is 0.434. The molecule has 2 heteroatoms. The minimum Gasteiger partial charge on any atom is -0.0695 e. The van der Waals surface area contributed by atoms with E-state index in [0.29, 0.717) is 0 Å². The number of hydrogen-bond acceptors (Lipinski definition) is 0. The molecule has 1 rings (SSSR count). The summed E-state index contributed by atoms with van der Waals surface area (Å²) in [6.07, 6.45) is 4.66. The number of rotatable bonds is 3. The van der Waals surface area contributed by atoms with Gasteiger partial charge in [0.1, 0.15) is 0 Å². The van der Waals surface area contributed by atoms with Gasteiger partial charge in [0.15, 0.2) is 0 Å². The third-order valence-corrected chi connectivity index (χ3v) is 8.44. The molecule has 0 amide bonds. The van der Waals surface area contributed by atoms with E-state index in [2.05, 4.69) is 39.3 Å². The summed E-state index contributed by atoms with van der Waals surface area (Å²) in [4.78, 5) is 0. The van der Waals surface area contributed by atoms with Crippen molar-refractivity contribution in [2.45, 2.75) is 70.1 Å². The van der Waals surface area contributed by atoms with E-state index in [0.717, 1.165) is 11.5 Å². The predicted octanol–water partition coefficient (Wildman–Crippen LogP) is 4.83. The average molecular weight is 229 g/mol. The fourth-order valence-corrected chi connectivity index (χ4v) is 7.09. The van der Waals surface area contributed by atoms with Crippen LogP contribution in [0.4, 0.5) is 0 Å². The van der Waals surface area contributed by atoms with Crippen molar-refractivity contribution in [3.8, 4) is 0 Å². The molecule has 2 atom stereocenters. The Balaban J connectivity index is 2.42. The second-order valence-corrected chi connectivity index (χ2v) is 18.6. The van der Waals surface area contributed by atoms with E-state index in [9.17, 15) is 0 Å². The molecular formula is C12H28Si2. The molecule has 0 spiro atoms. The molecular weight excluding hydrogens is 200 g/mol. The standard InChI is InChI=1S/C12H28Si2/c1-13(2,3)10-11-7-8-12(9-11)14(4,5)6/h11-12H,7-10H2,1-6H3/t11-,12?/m0/s1. The molecule has 1 saturated carbocycles. The highest BCUT2D eigenvalue weighted by atomic mass is 28.3. The molecule has 1 fully saturated rings. The van der Waals surface area contributed by atoms with Crippen molar-refractivity contribution in [1.29, 1.82) is 0 Å². The van der Waals surface area contributed by atoms with Gasteiger partial charge in [-0.1, -0.05) is 64.6 Å². The summed E-state index contributed by atoms with van der Waals surface area (Å²) in [6.45, 7) is 15.2. The summed E-state index contributed by atoms with van der Waals surface area (Å²) in [5.41, 5.74) is 1.13. The summed E-state index contributed by atoms with van der Waals surface area (Å²) >= 11 is 0. The van der Waals surface area contributed by atoms with Gasteiger partial charge in [0, 0.05) is 16.1 Å². The highest BCUT2D eigenvalue weighted by molar-refractivity contribution is 6.77. The van der Waals surface area contributed by atoms with E-state index in [1.54, 1.807) is 25.3 Å². The largest absolute Gasteiger partial charge is 0.0695 e. The molecule has 1 aliphatic carbocycles. The minimum atomic E-state index is -0.826. The summed E-state index contributed by atoms with van der Waals surface area (Å²) in [5.74, 6) is 1.10. The van der Waals surface area contributed by atoms with Gasteiger partial charge in [-0.25, -0.2) is 0 Å². The Morgan fingerprint density at radius 3 is 1.86 bits per heavy atom. The molecule has 0 saturated heterocycles. The van der Waals surface area contributed by atoms with Gasteiger partial charge in [0.05, 0.1) is 0 Å². The van der Waals surface area contributed by atoms with Crippen LogP contribution in [0.15, 0.2) is 0 Å². The fourth-order valence-electron chi connectivity index (χ4n) is 2.91. The second kappa shape index (κ2) is 4.13. The molecule has 0 aromatic heterocycles. The quantitative estimate of drug-likeness (QED) is 0.607. The lowest BCUT2D eigenvalue weighted by Crippen LogP contribution is -2.27. The zero-order valence-electron chi connectivity index (χ0n) is 11.0. The zero-order valence-corrected chi connectivity index (χ0v) is 13.0. The van der Waals surface area contributed by atoms with E-state index in [-0.39, 0.29) is 0 Å². The first kappa shape index (κ1) is 12.5. The molecule has 0 aliphatic heterocycles. The maximum Gasteiger partial charge on any atom is 0.0473 e. The first-order valence-electron chi connectivity index (χ1n) is 6.18. The van der Waals surface area contributed by atoms with Crippen molar-refractivity contribution in [3.63, 3.8) is 0 Å². The van der Waals surface area contributed by atoms with E-state index >= 15 is 0 Å². The van der Waals surface area contributed by atoms with Crippen molar-refractivity contribution in [2.75, 3.05) is 0 Å². The molecule has 14 heavy (non-hydrogen) atoms. The predicted molar refractivity (Wildman–Crippen MR) is 72.6 cm³/mol. The van der Waals surface area contributed by atoms with Crippen molar-refractivity contribution >= 4 is 16.1 Å². The van der Waals surface area contributed by atoms with Crippen LogP contribution in [0, 0.1) is 5.92 Å². The van der Waals surface area contributed by atoms with Crippen LogP contribution >= 0.6 is 0 Å². The van der Waals surface area contributed by atoms with Crippen molar-refractivity contribution < 1.29 is 0 Å². The van der Waals surface area contributed by atoms with Crippen molar-refractivity contribution in [2.24, 2.45) is 5.92 Å². The van der Waals surface area contributed by atoms with Gasteiger partial charge in [0.2, 0.25) is 0 Å². The molecule has 0 N–H and O–H groups in total. The SMILES string of the molecule is C[Si](C)(C)C[C@H]1CCC([Si](C)(C)C)C1. The molecule has 0 aromatic rings. The third kappa shape index (κ3) is 3.89. The van der Waals surface area contributed by atoms with Crippen LogP contribution < -0.4 is 0 Å². The Labute approximate surface area is 92.5 Å². The average Bonchev–Trinajstić information content (AvgIpc) is 2.29. The van der Waals surface area contributed by atoms with E-state index in [1.807, 2.05) is 0 Å². The van der Waals surface area contributed by atoms with E-state index in [4.69, 9.17) is 0 Å². The Morgan fingerprint density at radius 2 is 1.50 bits per heavy atom. The Morgan fingerprint density at radius 1 is 0.929 bits per heavy atom. The van der Waals surface area contributed by atoms with Crippen molar-refractivity contribution in [3.05, 3.63) is 0 Å². The summed E-state index contributed by atoms with van der Waals surface area (Å²) in [7, 11) is -1.62. The maximum atomic E-state index is 2.55. The first-order chi connectivity index (χ1) is 6.18. The molecule has 0 bridgehead atoms. The third-order valence-electron chi connectivity index (χ3n) is 3.67. The fraction of sp³-hybridized carbons (Fsp3) is 1.00. The molecule has 84 valence electrons. The highest BCUT2D eigenvalue weighted by Gasteiger charge is 2.35. The minimum absolute atomic E-state index is 0.796. The van der Waals surface area contributed by atoms with Crippen LogP contribution in [0.2, 0.25) is 50.9 Å². The second-order valence-electron chi connectivity index (χ2n) is 7.51. The lowest BCUT2D eigenvalue weighted by Gasteiger charge is -2.26. The van der Waals surface area contributed by atoms with E-state index < -0.39 is 16.1 Å². The molecule has 0 heterocycles. The Bertz CT molecular complexity index is 185. The van der Waals surface area contributed by atoms with Gasteiger partial charge in [0.25, 0.3) is 0 Å². The van der Waals surface area contributed by atoms with Crippen molar-refractivity contribution in [1.82, 2.24) is 0 Å². The highest BCUT2D eigenvalue weighted by Crippen LogP contribution is 2.44. The topological polar surface area (TPSA) is 0 Å². The molecule has 0 nitrogen and oxygen atoms in total.